The van der Waals surface area contributed by atoms with Gasteiger partial charge in [0.2, 0.25) is 0 Å². The number of fused-ring (bicyclic) bond motifs is 5. The van der Waals surface area contributed by atoms with Gasteiger partial charge >= 0.3 is 0 Å². The fourth-order valence-corrected chi connectivity index (χ4v) is 4.97. The lowest BCUT2D eigenvalue weighted by Gasteiger charge is -2.35. The minimum absolute atomic E-state index is 0.393. The third-order valence-electron chi connectivity index (χ3n) is 4.99. The van der Waals surface area contributed by atoms with Gasteiger partial charge in [-0.1, -0.05) is 72.8 Å². The lowest BCUT2D eigenvalue weighted by Crippen LogP contribution is -2.30. The average Bonchev–Trinajstić information content (AvgIpc) is 2.85. The number of allylic oxidation sites excluding steroid dienone is 4. The molecule has 3 heteroatoms. The maximum Gasteiger partial charge on any atom is 0.0679 e. The van der Waals surface area contributed by atoms with Crippen LogP contribution in [0.3, 0.4) is 0 Å². The molecule has 1 aliphatic heterocycles. The maximum absolute atomic E-state index is 6.32. The van der Waals surface area contributed by atoms with Gasteiger partial charge in [0, 0.05) is 12.0 Å². The van der Waals surface area contributed by atoms with Crippen LogP contribution in [0.4, 0.5) is 0 Å². The van der Waals surface area contributed by atoms with Crippen LogP contribution in [-0.4, -0.2) is 5.75 Å². The number of hydrogen-bond donors (Lipinski definition) is 1. The summed E-state index contributed by atoms with van der Waals surface area (Å²) in [5, 5.41) is 2.67. The van der Waals surface area contributed by atoms with Crippen molar-refractivity contribution >= 4 is 23.4 Å². The van der Waals surface area contributed by atoms with Gasteiger partial charge in [-0.2, -0.15) is 0 Å². The largest absolute Gasteiger partial charge is 0.403 e. The van der Waals surface area contributed by atoms with Crippen LogP contribution in [0.25, 0.3) is 11.1 Å². The van der Waals surface area contributed by atoms with E-state index >= 15 is 0 Å². The number of nitrogens with two attached hydrogens (primary N) is 1. The second kappa shape index (κ2) is 6.29. The van der Waals surface area contributed by atoms with Crippen molar-refractivity contribution in [3.05, 3.63) is 106 Å². The van der Waals surface area contributed by atoms with Gasteiger partial charge in [0.25, 0.3) is 0 Å². The Morgan fingerprint density at radius 1 is 1.08 bits per heavy atom. The van der Waals surface area contributed by atoms with E-state index in [-0.39, 0.29) is 0 Å². The monoisotopic (exact) mass is 363 g/mol. The lowest BCUT2D eigenvalue weighted by atomic mass is 9.67. The van der Waals surface area contributed by atoms with Gasteiger partial charge in [-0.15, -0.1) is 11.8 Å². The third kappa shape index (κ3) is 2.32. The van der Waals surface area contributed by atoms with Crippen LogP contribution < -0.4 is 5.73 Å². The fraction of sp³-hybridized carbons (Fsp3) is 0.0909. The van der Waals surface area contributed by atoms with E-state index in [9.17, 15) is 0 Å². The van der Waals surface area contributed by atoms with Crippen LogP contribution >= 0.6 is 23.4 Å². The molecule has 4 rings (SSSR count). The lowest BCUT2D eigenvalue weighted by molar-refractivity contribution is 0.753. The predicted octanol–water partition coefficient (Wildman–Crippen LogP) is 5.74. The Balaban J connectivity index is 2.13. The molecule has 0 saturated heterocycles. The van der Waals surface area contributed by atoms with E-state index < -0.39 is 5.41 Å². The molecule has 0 bridgehead atoms. The summed E-state index contributed by atoms with van der Waals surface area (Å²) in [6, 6.07) is 17.2. The molecular weight excluding hydrogens is 346 g/mol. The van der Waals surface area contributed by atoms with Crippen molar-refractivity contribution in [1.29, 1.82) is 0 Å². The first kappa shape index (κ1) is 16.3. The van der Waals surface area contributed by atoms with E-state index in [0.29, 0.717) is 5.03 Å². The molecule has 25 heavy (non-hydrogen) atoms. The van der Waals surface area contributed by atoms with E-state index in [0.717, 1.165) is 11.3 Å². The van der Waals surface area contributed by atoms with Gasteiger partial charge in [0.15, 0.2) is 0 Å². The molecule has 124 valence electrons. The SMILES string of the molecule is C=C1C=CSC/C(=C\C(Cl)=C/N)C12c1ccccc1-c1ccccc12. The Kier molecular flexibility index (Phi) is 4.10. The Labute approximate surface area is 157 Å². The number of thioether (sulfide) groups is 1. The smallest absolute Gasteiger partial charge is 0.0679 e. The molecule has 0 radical (unpaired) electrons. The van der Waals surface area contributed by atoms with E-state index in [1.54, 1.807) is 11.8 Å². The highest BCUT2D eigenvalue weighted by molar-refractivity contribution is 8.02. The van der Waals surface area contributed by atoms with Crippen LogP contribution in [0.15, 0.2) is 95.0 Å². The summed E-state index contributed by atoms with van der Waals surface area (Å²) in [4.78, 5) is 0. The highest BCUT2D eigenvalue weighted by atomic mass is 35.5. The van der Waals surface area contributed by atoms with Gasteiger partial charge in [-0.25, -0.2) is 0 Å². The predicted molar refractivity (Wildman–Crippen MR) is 110 cm³/mol. The minimum atomic E-state index is -0.393. The molecular formula is C22H18ClNS. The van der Waals surface area contributed by atoms with E-state index in [4.69, 9.17) is 17.3 Å². The van der Waals surface area contributed by atoms with Crippen molar-refractivity contribution in [2.75, 3.05) is 5.75 Å². The highest BCUT2D eigenvalue weighted by Crippen LogP contribution is 2.57. The summed E-state index contributed by atoms with van der Waals surface area (Å²) in [6.45, 7) is 4.46. The summed E-state index contributed by atoms with van der Waals surface area (Å²) in [6.07, 6.45) is 5.58. The molecule has 1 nitrogen and oxygen atoms in total. The van der Waals surface area contributed by atoms with Gasteiger partial charge in [-0.05, 0) is 44.9 Å². The van der Waals surface area contributed by atoms with Crippen LogP contribution in [0.5, 0.6) is 0 Å². The van der Waals surface area contributed by atoms with Crippen molar-refractivity contribution in [2.24, 2.45) is 5.73 Å². The Morgan fingerprint density at radius 2 is 1.68 bits per heavy atom. The van der Waals surface area contributed by atoms with Crippen LogP contribution in [0, 0.1) is 0 Å². The molecule has 2 aromatic rings. The molecule has 2 aromatic carbocycles. The molecule has 2 aliphatic rings. The van der Waals surface area contributed by atoms with Crippen molar-refractivity contribution in [3.63, 3.8) is 0 Å². The highest BCUT2D eigenvalue weighted by Gasteiger charge is 2.47. The zero-order valence-corrected chi connectivity index (χ0v) is 15.3. The Morgan fingerprint density at radius 3 is 2.28 bits per heavy atom. The van der Waals surface area contributed by atoms with Crippen LogP contribution in [0.2, 0.25) is 0 Å². The molecule has 1 spiro atoms. The molecule has 0 unspecified atom stereocenters. The quantitative estimate of drug-likeness (QED) is 0.699. The van der Waals surface area contributed by atoms with Gasteiger partial charge in [0.05, 0.1) is 10.4 Å². The normalized spacial score (nSPS) is 19.8. The van der Waals surface area contributed by atoms with Gasteiger partial charge in [-0.3, -0.25) is 0 Å². The first-order chi connectivity index (χ1) is 12.2. The number of benzene rings is 2. The second-order valence-corrected chi connectivity index (χ2v) is 7.53. The van der Waals surface area contributed by atoms with Crippen LogP contribution in [-0.2, 0) is 5.41 Å². The van der Waals surface area contributed by atoms with Gasteiger partial charge in [0.1, 0.15) is 0 Å². The van der Waals surface area contributed by atoms with E-state index in [1.807, 2.05) is 6.08 Å². The molecule has 0 atom stereocenters. The Hall–Kier alpha value is -2.16. The molecule has 1 heterocycles. The summed E-state index contributed by atoms with van der Waals surface area (Å²) >= 11 is 8.07. The zero-order chi connectivity index (χ0) is 17.4. The summed E-state index contributed by atoms with van der Waals surface area (Å²) in [5.74, 6) is 0.836. The van der Waals surface area contributed by atoms with E-state index in [2.05, 4.69) is 66.6 Å². The molecule has 1 aliphatic carbocycles. The number of hydrogen-bond acceptors (Lipinski definition) is 2. The first-order valence-corrected chi connectivity index (χ1v) is 9.57. The molecule has 0 amide bonds. The topological polar surface area (TPSA) is 26.0 Å². The van der Waals surface area contributed by atoms with Crippen molar-refractivity contribution in [3.8, 4) is 11.1 Å². The summed E-state index contributed by atoms with van der Waals surface area (Å²) in [5.41, 5.74) is 12.6. The van der Waals surface area contributed by atoms with E-state index in [1.165, 1.54) is 34.0 Å². The summed E-state index contributed by atoms with van der Waals surface area (Å²) < 4.78 is 0. The molecule has 0 aromatic heterocycles. The standard InChI is InChI=1S/C22H18ClNS/c1-15-10-11-25-14-16(12-17(23)13-24)22(15)20-8-4-2-6-18(20)19-7-3-5-9-21(19)22/h2-13H,1,14,24H2/b16-12+,17-13+. The first-order valence-electron chi connectivity index (χ1n) is 8.15. The summed E-state index contributed by atoms with van der Waals surface area (Å²) in [7, 11) is 0. The zero-order valence-electron chi connectivity index (χ0n) is 13.7. The minimum Gasteiger partial charge on any atom is -0.403 e. The van der Waals surface area contributed by atoms with Crippen molar-refractivity contribution in [2.45, 2.75) is 5.41 Å². The van der Waals surface area contributed by atoms with Crippen molar-refractivity contribution in [1.82, 2.24) is 0 Å². The van der Waals surface area contributed by atoms with Crippen molar-refractivity contribution < 1.29 is 0 Å². The number of rotatable bonds is 1. The van der Waals surface area contributed by atoms with Crippen LogP contribution in [0.1, 0.15) is 11.1 Å². The third-order valence-corrected chi connectivity index (χ3v) is 6.03. The van der Waals surface area contributed by atoms with Gasteiger partial charge < -0.3 is 5.73 Å². The fourth-order valence-electron chi connectivity index (χ4n) is 4.00. The molecule has 2 N–H and O–H groups in total. The second-order valence-electron chi connectivity index (χ2n) is 6.20. The maximum atomic E-state index is 6.32. The number of halogens is 1. The Bertz CT molecular complexity index is 907. The molecule has 0 saturated carbocycles. The average molecular weight is 364 g/mol. The molecule has 0 fully saturated rings.